The highest BCUT2D eigenvalue weighted by molar-refractivity contribution is 6.05. The van der Waals surface area contributed by atoms with Gasteiger partial charge < -0.3 is 24.6 Å². The molecule has 0 bridgehead atoms. The van der Waals surface area contributed by atoms with Crippen molar-refractivity contribution in [1.82, 2.24) is 9.80 Å². The van der Waals surface area contributed by atoms with Gasteiger partial charge in [-0.15, -0.1) is 0 Å². The minimum absolute atomic E-state index is 0.0619. The maximum atomic E-state index is 13.1. The van der Waals surface area contributed by atoms with Crippen LogP contribution in [0.3, 0.4) is 0 Å². The monoisotopic (exact) mass is 572 g/mol. The minimum atomic E-state index is -0.560. The largest absolute Gasteiger partial charge is 0.502 e. The number of rotatable bonds is 15. The van der Waals surface area contributed by atoms with Crippen LogP contribution in [0.4, 0.5) is 0 Å². The standard InChI is InChI=1S/C35H44N2O5/c1-3-5-22-41-33-24-30(25-34(35(33)40)42-23-6-4-2)31(38)16-17-36-18-20-37(21-19-36)26-32(39)29-14-12-28(13-15-29)27-10-8-7-9-11-27/h7-17,24-25,32,39-40H,3-6,18-23,26H2,1-2H3. The van der Waals surface area contributed by atoms with E-state index in [9.17, 15) is 15.0 Å². The zero-order valence-corrected chi connectivity index (χ0v) is 24.9. The van der Waals surface area contributed by atoms with Gasteiger partial charge in [0, 0.05) is 50.6 Å². The molecule has 1 saturated heterocycles. The van der Waals surface area contributed by atoms with Crippen LogP contribution in [0.5, 0.6) is 17.2 Å². The van der Waals surface area contributed by atoms with Crippen LogP contribution >= 0.6 is 0 Å². The molecule has 7 heteroatoms. The van der Waals surface area contributed by atoms with E-state index in [4.69, 9.17) is 9.47 Å². The number of nitrogens with zero attached hydrogens (tertiary/aromatic N) is 2. The number of benzene rings is 3. The van der Waals surface area contributed by atoms with Crippen LogP contribution in [-0.2, 0) is 0 Å². The number of allylic oxidation sites excluding steroid dienone is 1. The molecular formula is C35H44N2O5. The van der Waals surface area contributed by atoms with Crippen LogP contribution in [-0.4, -0.2) is 71.7 Å². The average molecular weight is 573 g/mol. The maximum absolute atomic E-state index is 13.1. The van der Waals surface area contributed by atoms with Gasteiger partial charge in [0.25, 0.3) is 0 Å². The lowest BCUT2D eigenvalue weighted by Crippen LogP contribution is -2.45. The average Bonchev–Trinajstić information content (AvgIpc) is 3.02. The fraction of sp³-hybridized carbons (Fsp3) is 0.400. The van der Waals surface area contributed by atoms with E-state index in [0.29, 0.717) is 25.3 Å². The summed E-state index contributed by atoms with van der Waals surface area (Å²) in [6, 6.07) is 21.5. The van der Waals surface area contributed by atoms with Crippen LogP contribution in [0.25, 0.3) is 11.1 Å². The van der Waals surface area contributed by atoms with Crippen LogP contribution in [0.2, 0.25) is 0 Å². The van der Waals surface area contributed by atoms with E-state index in [-0.39, 0.29) is 23.0 Å². The number of unbranched alkanes of at least 4 members (excludes halogenated alkanes) is 2. The van der Waals surface area contributed by atoms with Crippen LogP contribution < -0.4 is 9.47 Å². The summed E-state index contributed by atoms with van der Waals surface area (Å²) in [6.45, 7) is 8.74. The van der Waals surface area contributed by atoms with Gasteiger partial charge in [0.2, 0.25) is 5.75 Å². The lowest BCUT2D eigenvalue weighted by molar-refractivity contribution is 0.0853. The molecule has 224 valence electrons. The molecule has 1 unspecified atom stereocenters. The number of ether oxygens (including phenoxy) is 2. The summed E-state index contributed by atoms with van der Waals surface area (Å²) in [5, 5.41) is 21.5. The van der Waals surface area contributed by atoms with Crippen molar-refractivity contribution < 1.29 is 24.5 Å². The molecule has 1 aliphatic heterocycles. The Balaban J connectivity index is 1.30. The van der Waals surface area contributed by atoms with E-state index in [1.165, 1.54) is 0 Å². The summed E-state index contributed by atoms with van der Waals surface area (Å²) in [4.78, 5) is 17.5. The number of piperazine rings is 1. The van der Waals surface area contributed by atoms with E-state index < -0.39 is 6.10 Å². The fourth-order valence-corrected chi connectivity index (χ4v) is 4.84. The van der Waals surface area contributed by atoms with Crippen molar-refractivity contribution in [1.29, 1.82) is 0 Å². The smallest absolute Gasteiger partial charge is 0.200 e. The highest BCUT2D eigenvalue weighted by Crippen LogP contribution is 2.38. The van der Waals surface area contributed by atoms with Crippen LogP contribution in [0.15, 0.2) is 79.0 Å². The normalized spacial score (nSPS) is 14.7. The Kier molecular flexibility index (Phi) is 11.9. The second kappa shape index (κ2) is 16.0. The summed E-state index contributed by atoms with van der Waals surface area (Å²) >= 11 is 0. The third-order valence-corrected chi connectivity index (χ3v) is 7.51. The lowest BCUT2D eigenvalue weighted by atomic mass is 10.0. The molecule has 0 aromatic heterocycles. The molecule has 7 nitrogen and oxygen atoms in total. The molecule has 1 fully saturated rings. The number of aromatic hydroxyl groups is 1. The second-order valence-corrected chi connectivity index (χ2v) is 10.7. The van der Waals surface area contributed by atoms with Crippen LogP contribution in [0, 0.1) is 0 Å². The summed E-state index contributed by atoms with van der Waals surface area (Å²) in [7, 11) is 0. The molecule has 42 heavy (non-hydrogen) atoms. The number of hydrogen-bond acceptors (Lipinski definition) is 7. The van der Waals surface area contributed by atoms with Crippen molar-refractivity contribution in [2.24, 2.45) is 0 Å². The molecule has 2 N–H and O–H groups in total. The number of carbonyl (C=O) groups is 1. The van der Waals surface area contributed by atoms with Gasteiger partial charge in [-0.05, 0) is 41.7 Å². The highest BCUT2D eigenvalue weighted by atomic mass is 16.5. The van der Waals surface area contributed by atoms with Crippen molar-refractivity contribution in [2.45, 2.75) is 45.6 Å². The van der Waals surface area contributed by atoms with Crippen molar-refractivity contribution in [2.75, 3.05) is 45.9 Å². The minimum Gasteiger partial charge on any atom is -0.502 e. The zero-order valence-electron chi connectivity index (χ0n) is 24.9. The van der Waals surface area contributed by atoms with Gasteiger partial charge >= 0.3 is 0 Å². The van der Waals surface area contributed by atoms with Crippen molar-refractivity contribution in [3.63, 3.8) is 0 Å². The van der Waals surface area contributed by atoms with Gasteiger partial charge in [0.05, 0.1) is 19.3 Å². The molecule has 1 atom stereocenters. The maximum Gasteiger partial charge on any atom is 0.200 e. The first kappa shape index (κ1) is 31.1. The quantitative estimate of drug-likeness (QED) is 0.123. The van der Waals surface area contributed by atoms with E-state index in [0.717, 1.165) is 68.6 Å². The molecule has 1 heterocycles. The number of carbonyl (C=O) groups excluding carboxylic acids is 1. The fourth-order valence-electron chi connectivity index (χ4n) is 4.84. The number of aliphatic hydroxyl groups excluding tert-OH is 1. The van der Waals surface area contributed by atoms with Crippen LogP contribution in [0.1, 0.15) is 61.6 Å². The Morgan fingerprint density at radius 2 is 1.43 bits per heavy atom. The molecule has 4 rings (SSSR count). The van der Waals surface area contributed by atoms with Crippen molar-refractivity contribution in [3.05, 3.63) is 90.1 Å². The summed E-state index contributed by atoms with van der Waals surface area (Å²) < 4.78 is 11.5. The Morgan fingerprint density at radius 3 is 2.00 bits per heavy atom. The van der Waals surface area contributed by atoms with Gasteiger partial charge in [-0.3, -0.25) is 9.69 Å². The molecule has 0 radical (unpaired) electrons. The topological polar surface area (TPSA) is 82.5 Å². The Hall–Kier alpha value is -3.81. The van der Waals surface area contributed by atoms with Gasteiger partial charge in [-0.1, -0.05) is 81.3 Å². The molecule has 3 aromatic carbocycles. The van der Waals surface area contributed by atoms with Gasteiger partial charge in [0.1, 0.15) is 0 Å². The van der Waals surface area contributed by atoms with Gasteiger partial charge in [-0.2, -0.15) is 0 Å². The Morgan fingerprint density at radius 1 is 0.857 bits per heavy atom. The molecule has 0 amide bonds. The zero-order chi connectivity index (χ0) is 29.7. The van der Waals surface area contributed by atoms with E-state index in [1.807, 2.05) is 36.5 Å². The molecule has 3 aromatic rings. The molecule has 1 aliphatic rings. The molecule has 0 aliphatic carbocycles. The van der Waals surface area contributed by atoms with E-state index in [2.05, 4.69) is 47.9 Å². The third kappa shape index (κ3) is 8.84. The number of hydrogen-bond donors (Lipinski definition) is 2. The van der Waals surface area contributed by atoms with Crippen molar-refractivity contribution >= 4 is 5.78 Å². The van der Waals surface area contributed by atoms with E-state index >= 15 is 0 Å². The Labute approximate surface area is 250 Å². The highest BCUT2D eigenvalue weighted by Gasteiger charge is 2.20. The summed E-state index contributed by atoms with van der Waals surface area (Å²) in [5.41, 5.74) is 3.62. The number of ketones is 1. The molecule has 0 saturated carbocycles. The number of β-amino-alcohol motifs (C(OH)–C–C–N with tert-alkyl or cyclic N) is 1. The lowest BCUT2D eigenvalue weighted by Gasteiger charge is -2.35. The molecule has 0 spiro atoms. The molecular weight excluding hydrogens is 528 g/mol. The van der Waals surface area contributed by atoms with Crippen molar-refractivity contribution in [3.8, 4) is 28.4 Å². The predicted octanol–water partition coefficient (Wildman–Crippen LogP) is 6.46. The first-order chi connectivity index (χ1) is 20.5. The first-order valence-corrected chi connectivity index (χ1v) is 15.1. The third-order valence-electron chi connectivity index (χ3n) is 7.51. The number of aliphatic hydroxyl groups is 1. The van der Waals surface area contributed by atoms with E-state index in [1.54, 1.807) is 18.2 Å². The first-order valence-electron chi connectivity index (χ1n) is 15.1. The Bertz CT molecular complexity index is 1250. The summed E-state index contributed by atoms with van der Waals surface area (Å²) in [5.74, 6) is 0.313. The second-order valence-electron chi connectivity index (χ2n) is 10.7. The summed E-state index contributed by atoms with van der Waals surface area (Å²) in [6.07, 6.45) is 6.49. The van der Waals surface area contributed by atoms with Gasteiger partial charge in [-0.25, -0.2) is 0 Å². The number of phenols is 1. The number of phenolic OH excluding ortho intramolecular Hbond substituents is 1. The van der Waals surface area contributed by atoms with Gasteiger partial charge in [0.15, 0.2) is 17.3 Å². The SMILES string of the molecule is CCCCOc1cc(C(=O)C=CN2CCN(CC(O)c3ccc(-c4ccccc4)cc3)CC2)cc(OCCCC)c1O. The predicted molar refractivity (Wildman–Crippen MR) is 167 cm³/mol.